The molecule has 0 amide bonds. The van der Waals surface area contributed by atoms with Crippen LogP contribution in [0.15, 0.2) is 0 Å². The van der Waals surface area contributed by atoms with Crippen molar-refractivity contribution in [3.63, 3.8) is 0 Å². The standard InChI is InChI=1S/C15H24N4OS/c1-9-14(12(4)19(18-9)6-7-20)8-16-10(2)15-11(3)17-13(5)21-15/h10,16,20H,6-8H2,1-5H3/t10-/m1/s1. The van der Waals surface area contributed by atoms with Crippen LogP contribution in [0.25, 0.3) is 0 Å². The summed E-state index contributed by atoms with van der Waals surface area (Å²) < 4.78 is 1.87. The smallest absolute Gasteiger partial charge is 0.0900 e. The Balaban J connectivity index is 2.08. The van der Waals surface area contributed by atoms with Gasteiger partial charge in [0, 0.05) is 28.7 Å². The Hall–Kier alpha value is -1.24. The van der Waals surface area contributed by atoms with Gasteiger partial charge in [0.2, 0.25) is 0 Å². The lowest BCUT2D eigenvalue weighted by molar-refractivity contribution is 0.267. The molecule has 0 saturated heterocycles. The van der Waals surface area contributed by atoms with Crippen LogP contribution in [-0.4, -0.2) is 26.5 Å². The molecule has 0 fully saturated rings. The highest BCUT2D eigenvalue weighted by molar-refractivity contribution is 7.11. The molecule has 2 N–H and O–H groups in total. The predicted octanol–water partition coefficient (Wildman–Crippen LogP) is 2.42. The van der Waals surface area contributed by atoms with Gasteiger partial charge in [-0.1, -0.05) is 0 Å². The highest BCUT2D eigenvalue weighted by Crippen LogP contribution is 2.25. The van der Waals surface area contributed by atoms with Crippen molar-refractivity contribution in [2.75, 3.05) is 6.61 Å². The zero-order valence-electron chi connectivity index (χ0n) is 13.4. The summed E-state index contributed by atoms with van der Waals surface area (Å²) >= 11 is 1.75. The lowest BCUT2D eigenvalue weighted by Gasteiger charge is -2.13. The highest BCUT2D eigenvalue weighted by atomic mass is 32.1. The number of aryl methyl sites for hydroxylation is 3. The first-order valence-electron chi connectivity index (χ1n) is 7.25. The summed E-state index contributed by atoms with van der Waals surface area (Å²) in [5.41, 5.74) is 4.48. The summed E-state index contributed by atoms with van der Waals surface area (Å²) in [5.74, 6) is 0. The van der Waals surface area contributed by atoms with Crippen molar-refractivity contribution >= 4 is 11.3 Å². The van der Waals surface area contributed by atoms with E-state index in [2.05, 4.69) is 36.2 Å². The van der Waals surface area contributed by atoms with Crippen LogP contribution in [-0.2, 0) is 13.1 Å². The summed E-state index contributed by atoms with van der Waals surface area (Å²) in [6, 6.07) is 0.274. The molecular formula is C15H24N4OS. The first kappa shape index (κ1) is 16.1. The van der Waals surface area contributed by atoms with Crippen molar-refractivity contribution in [2.45, 2.75) is 53.8 Å². The molecule has 2 aromatic heterocycles. The van der Waals surface area contributed by atoms with E-state index in [4.69, 9.17) is 5.11 Å². The monoisotopic (exact) mass is 308 g/mol. The van der Waals surface area contributed by atoms with E-state index < -0.39 is 0 Å². The van der Waals surface area contributed by atoms with Gasteiger partial charge in [0.05, 0.1) is 29.5 Å². The molecule has 0 saturated carbocycles. The molecule has 5 nitrogen and oxygen atoms in total. The number of nitrogens with one attached hydrogen (secondary N) is 1. The Bertz CT molecular complexity index is 617. The van der Waals surface area contributed by atoms with E-state index in [0.29, 0.717) is 6.54 Å². The zero-order valence-corrected chi connectivity index (χ0v) is 14.2. The lowest BCUT2D eigenvalue weighted by atomic mass is 10.1. The molecule has 6 heteroatoms. The quantitative estimate of drug-likeness (QED) is 0.860. The lowest BCUT2D eigenvalue weighted by Crippen LogP contribution is -2.19. The molecule has 2 rings (SSSR count). The van der Waals surface area contributed by atoms with Crippen LogP contribution in [0.3, 0.4) is 0 Å². The Morgan fingerprint density at radius 1 is 1.24 bits per heavy atom. The number of aromatic nitrogens is 3. The van der Waals surface area contributed by atoms with Crippen LogP contribution >= 0.6 is 11.3 Å². The van der Waals surface area contributed by atoms with Crippen LogP contribution in [0.5, 0.6) is 0 Å². The van der Waals surface area contributed by atoms with Gasteiger partial charge in [-0.2, -0.15) is 5.10 Å². The minimum atomic E-state index is 0.116. The predicted molar refractivity (Wildman–Crippen MR) is 85.6 cm³/mol. The van der Waals surface area contributed by atoms with Gasteiger partial charge in [0.1, 0.15) is 0 Å². The van der Waals surface area contributed by atoms with Crippen LogP contribution in [0.4, 0.5) is 0 Å². The fourth-order valence-electron chi connectivity index (χ4n) is 2.60. The van der Waals surface area contributed by atoms with Crippen LogP contribution in [0, 0.1) is 27.7 Å². The summed E-state index contributed by atoms with van der Waals surface area (Å²) in [6.07, 6.45) is 0. The SMILES string of the molecule is Cc1nc(C)c([C@@H](C)NCc2c(C)nn(CCO)c2C)s1. The Labute approximate surface area is 130 Å². The van der Waals surface area contributed by atoms with Gasteiger partial charge < -0.3 is 10.4 Å². The first-order chi connectivity index (χ1) is 9.93. The molecule has 0 unspecified atom stereocenters. The van der Waals surface area contributed by atoms with E-state index in [-0.39, 0.29) is 12.6 Å². The van der Waals surface area contributed by atoms with E-state index in [0.717, 1.165) is 28.6 Å². The maximum Gasteiger partial charge on any atom is 0.0900 e. The van der Waals surface area contributed by atoms with Gasteiger partial charge >= 0.3 is 0 Å². The minimum absolute atomic E-state index is 0.116. The van der Waals surface area contributed by atoms with Crippen molar-refractivity contribution in [3.8, 4) is 0 Å². The van der Waals surface area contributed by atoms with Crippen LogP contribution in [0.1, 0.15) is 45.5 Å². The van der Waals surface area contributed by atoms with Crippen molar-refractivity contribution in [1.29, 1.82) is 0 Å². The fourth-order valence-corrected chi connectivity index (χ4v) is 3.55. The van der Waals surface area contributed by atoms with Gasteiger partial charge in [-0.25, -0.2) is 4.98 Å². The summed E-state index contributed by atoms with van der Waals surface area (Å²) in [4.78, 5) is 5.78. The molecule has 0 aliphatic heterocycles. The van der Waals surface area contributed by atoms with Crippen LogP contribution in [0.2, 0.25) is 0 Å². The van der Waals surface area contributed by atoms with Gasteiger partial charge in [-0.15, -0.1) is 11.3 Å². The van der Waals surface area contributed by atoms with Crippen molar-refractivity contribution in [1.82, 2.24) is 20.1 Å². The number of thiazole rings is 1. The van der Waals surface area contributed by atoms with Crippen LogP contribution < -0.4 is 5.32 Å². The van der Waals surface area contributed by atoms with Crippen molar-refractivity contribution in [3.05, 3.63) is 32.5 Å². The number of aliphatic hydroxyl groups excluding tert-OH is 1. The molecule has 0 spiro atoms. The van der Waals surface area contributed by atoms with Gasteiger partial charge in [0.15, 0.2) is 0 Å². The second kappa shape index (κ2) is 6.68. The average molecular weight is 308 g/mol. The Morgan fingerprint density at radius 2 is 1.95 bits per heavy atom. The third kappa shape index (κ3) is 3.51. The average Bonchev–Trinajstić information content (AvgIpc) is 2.89. The van der Waals surface area contributed by atoms with Crippen molar-refractivity contribution in [2.24, 2.45) is 0 Å². The molecule has 2 aromatic rings. The molecular weight excluding hydrogens is 284 g/mol. The molecule has 0 aliphatic rings. The van der Waals surface area contributed by atoms with Crippen molar-refractivity contribution < 1.29 is 5.11 Å². The van der Waals surface area contributed by atoms with E-state index in [1.807, 2.05) is 18.5 Å². The third-order valence-corrected chi connectivity index (χ3v) is 5.02. The Morgan fingerprint density at radius 3 is 2.52 bits per heavy atom. The topological polar surface area (TPSA) is 63.0 Å². The minimum Gasteiger partial charge on any atom is -0.394 e. The molecule has 0 aliphatic carbocycles. The van der Waals surface area contributed by atoms with E-state index in [1.54, 1.807) is 11.3 Å². The van der Waals surface area contributed by atoms with E-state index >= 15 is 0 Å². The van der Waals surface area contributed by atoms with Gasteiger partial charge in [0.25, 0.3) is 0 Å². The molecule has 116 valence electrons. The van der Waals surface area contributed by atoms with Gasteiger partial charge in [-0.05, 0) is 34.6 Å². The second-order valence-electron chi connectivity index (χ2n) is 5.38. The molecule has 21 heavy (non-hydrogen) atoms. The molecule has 0 bridgehead atoms. The third-order valence-electron chi connectivity index (χ3n) is 3.76. The number of aliphatic hydroxyl groups is 1. The summed E-state index contributed by atoms with van der Waals surface area (Å²) in [6.45, 7) is 11.8. The number of hydrogen-bond donors (Lipinski definition) is 2. The molecule has 1 atom stereocenters. The summed E-state index contributed by atoms with van der Waals surface area (Å²) in [5, 5.41) is 18.2. The van der Waals surface area contributed by atoms with E-state index in [1.165, 1.54) is 10.4 Å². The highest BCUT2D eigenvalue weighted by Gasteiger charge is 2.15. The number of hydrogen-bond acceptors (Lipinski definition) is 5. The molecule has 0 aromatic carbocycles. The molecule has 2 heterocycles. The van der Waals surface area contributed by atoms with E-state index in [9.17, 15) is 0 Å². The molecule has 0 radical (unpaired) electrons. The zero-order chi connectivity index (χ0) is 15.6. The Kier molecular flexibility index (Phi) is 5.13. The maximum absolute atomic E-state index is 9.06. The normalized spacial score (nSPS) is 12.9. The second-order valence-corrected chi connectivity index (χ2v) is 6.62. The summed E-state index contributed by atoms with van der Waals surface area (Å²) in [7, 11) is 0. The number of rotatable bonds is 6. The maximum atomic E-state index is 9.06. The fraction of sp³-hybridized carbons (Fsp3) is 0.600. The first-order valence-corrected chi connectivity index (χ1v) is 8.06. The largest absolute Gasteiger partial charge is 0.394 e. The van der Waals surface area contributed by atoms with Gasteiger partial charge in [-0.3, -0.25) is 4.68 Å². The number of nitrogens with zero attached hydrogens (tertiary/aromatic N) is 3.